The van der Waals surface area contributed by atoms with Crippen LogP contribution in [-0.4, -0.2) is 40.8 Å². The Hall–Kier alpha value is -3.09. The molecular formula is C25H26N4OS. The molecule has 0 spiro atoms. The Morgan fingerprint density at radius 3 is 2.48 bits per heavy atom. The molecule has 0 aliphatic carbocycles. The largest absolute Gasteiger partial charge is 0.350 e. The van der Waals surface area contributed by atoms with E-state index in [-0.39, 0.29) is 11.9 Å². The van der Waals surface area contributed by atoms with Gasteiger partial charge < -0.3 is 14.6 Å². The van der Waals surface area contributed by atoms with E-state index in [0.717, 1.165) is 22.0 Å². The number of carbonyl (C=O) groups excluding carboxylic acids is 1. The van der Waals surface area contributed by atoms with Crippen LogP contribution in [0, 0.1) is 0 Å². The summed E-state index contributed by atoms with van der Waals surface area (Å²) in [5.74, 6) is 0.731. The molecule has 0 radical (unpaired) electrons. The molecule has 2 aromatic carbocycles. The van der Waals surface area contributed by atoms with Crippen molar-refractivity contribution in [3.63, 3.8) is 0 Å². The molecule has 0 aliphatic heterocycles. The quantitative estimate of drug-likeness (QED) is 0.413. The number of aromatic nitrogens is 2. The summed E-state index contributed by atoms with van der Waals surface area (Å²) in [6.45, 7) is 0.556. The summed E-state index contributed by atoms with van der Waals surface area (Å²) in [7, 11) is 4.05. The molecule has 1 amide bonds. The number of nitrogens with one attached hydrogen (secondary N) is 1. The second kappa shape index (κ2) is 9.81. The van der Waals surface area contributed by atoms with Crippen LogP contribution >= 0.6 is 11.8 Å². The summed E-state index contributed by atoms with van der Waals surface area (Å²) >= 11 is 1.71. The molecule has 31 heavy (non-hydrogen) atoms. The van der Waals surface area contributed by atoms with Crippen LogP contribution in [0.2, 0.25) is 0 Å². The molecule has 0 saturated carbocycles. The minimum atomic E-state index is -0.0559. The standard InChI is InChI=1S/C25H26N4OS/c1-28(2)23(19-8-4-3-5-9-19)16-26-25(30)20-11-13-22(14-12-20)31-18-21-17-29-15-7-6-10-24(29)27-21/h3-15,17,23H,16,18H2,1-2H3,(H,26,30). The Morgan fingerprint density at radius 1 is 1.03 bits per heavy atom. The number of amides is 1. The van der Waals surface area contributed by atoms with Crippen molar-refractivity contribution < 1.29 is 4.79 Å². The van der Waals surface area contributed by atoms with E-state index in [1.54, 1.807) is 11.8 Å². The number of imidazole rings is 1. The van der Waals surface area contributed by atoms with E-state index in [9.17, 15) is 4.79 Å². The van der Waals surface area contributed by atoms with Crippen molar-refractivity contribution in [3.8, 4) is 0 Å². The molecule has 0 saturated heterocycles. The van der Waals surface area contributed by atoms with Crippen LogP contribution in [0.15, 0.2) is 90.1 Å². The average molecular weight is 431 g/mol. The van der Waals surface area contributed by atoms with Crippen LogP contribution in [0.3, 0.4) is 0 Å². The van der Waals surface area contributed by atoms with E-state index in [0.29, 0.717) is 12.1 Å². The van der Waals surface area contributed by atoms with E-state index in [1.807, 2.05) is 85.4 Å². The summed E-state index contributed by atoms with van der Waals surface area (Å²) in [6, 6.07) is 24.1. The molecule has 0 aliphatic rings. The Morgan fingerprint density at radius 2 is 1.77 bits per heavy atom. The average Bonchev–Trinajstić information content (AvgIpc) is 3.21. The Kier molecular flexibility index (Phi) is 6.70. The van der Waals surface area contributed by atoms with Gasteiger partial charge >= 0.3 is 0 Å². The lowest BCUT2D eigenvalue weighted by molar-refractivity contribution is 0.0942. The molecule has 2 heterocycles. The molecule has 4 rings (SSSR count). The zero-order valence-corrected chi connectivity index (χ0v) is 18.5. The van der Waals surface area contributed by atoms with E-state index in [2.05, 4.69) is 33.5 Å². The van der Waals surface area contributed by atoms with Gasteiger partial charge in [0, 0.05) is 35.2 Å². The topological polar surface area (TPSA) is 49.6 Å². The van der Waals surface area contributed by atoms with Gasteiger partial charge in [0.25, 0.3) is 5.91 Å². The minimum Gasteiger partial charge on any atom is -0.350 e. The Balaban J connectivity index is 1.33. The highest BCUT2D eigenvalue weighted by atomic mass is 32.2. The molecule has 1 unspecified atom stereocenters. The van der Waals surface area contributed by atoms with E-state index in [4.69, 9.17) is 0 Å². The fourth-order valence-corrected chi connectivity index (χ4v) is 4.26. The molecule has 1 N–H and O–H groups in total. The van der Waals surface area contributed by atoms with Gasteiger partial charge in [0.1, 0.15) is 5.65 Å². The summed E-state index contributed by atoms with van der Waals surface area (Å²) in [6.07, 6.45) is 4.06. The summed E-state index contributed by atoms with van der Waals surface area (Å²) in [4.78, 5) is 20.5. The fraction of sp³-hybridized carbons (Fsp3) is 0.200. The van der Waals surface area contributed by atoms with E-state index in [1.165, 1.54) is 5.56 Å². The number of fused-ring (bicyclic) bond motifs is 1. The zero-order valence-electron chi connectivity index (χ0n) is 17.7. The molecule has 0 fully saturated rings. The van der Waals surface area contributed by atoms with Crippen LogP contribution in [0.5, 0.6) is 0 Å². The van der Waals surface area contributed by atoms with Crippen LogP contribution in [0.4, 0.5) is 0 Å². The first kappa shape index (κ1) is 21.2. The van der Waals surface area contributed by atoms with Crippen LogP contribution in [0.25, 0.3) is 5.65 Å². The third-order valence-electron chi connectivity index (χ3n) is 5.18. The maximum atomic E-state index is 12.6. The van der Waals surface area contributed by atoms with Crippen molar-refractivity contribution in [3.05, 3.63) is 102 Å². The molecule has 5 nitrogen and oxygen atoms in total. The third-order valence-corrected chi connectivity index (χ3v) is 6.23. The minimum absolute atomic E-state index is 0.0559. The Bertz CT molecular complexity index is 1110. The number of likely N-dealkylation sites (N-methyl/N-ethyl adjacent to an activating group) is 1. The van der Waals surface area contributed by atoms with Gasteiger partial charge in [0.15, 0.2) is 0 Å². The summed E-state index contributed by atoms with van der Waals surface area (Å²) < 4.78 is 2.03. The highest BCUT2D eigenvalue weighted by molar-refractivity contribution is 7.98. The van der Waals surface area contributed by atoms with Crippen LogP contribution < -0.4 is 5.32 Å². The predicted octanol–water partition coefficient (Wildman–Crippen LogP) is 4.66. The number of benzene rings is 2. The van der Waals surface area contributed by atoms with E-state index < -0.39 is 0 Å². The van der Waals surface area contributed by atoms with Crippen molar-refractivity contribution in [2.75, 3.05) is 20.6 Å². The Labute approximate surface area is 187 Å². The number of hydrogen-bond acceptors (Lipinski definition) is 4. The number of hydrogen-bond donors (Lipinski definition) is 1. The van der Waals surface area contributed by atoms with Crippen molar-refractivity contribution in [2.24, 2.45) is 0 Å². The van der Waals surface area contributed by atoms with Gasteiger partial charge in [-0.05, 0) is 56.1 Å². The normalized spacial score (nSPS) is 12.2. The molecule has 4 aromatic rings. The molecule has 6 heteroatoms. The number of nitrogens with zero attached hydrogens (tertiary/aromatic N) is 3. The van der Waals surface area contributed by atoms with Gasteiger partial charge in [-0.1, -0.05) is 36.4 Å². The number of pyridine rings is 1. The van der Waals surface area contributed by atoms with Gasteiger partial charge in [-0.25, -0.2) is 4.98 Å². The van der Waals surface area contributed by atoms with E-state index >= 15 is 0 Å². The van der Waals surface area contributed by atoms with Crippen molar-refractivity contribution in [2.45, 2.75) is 16.7 Å². The first-order chi connectivity index (χ1) is 15.1. The lowest BCUT2D eigenvalue weighted by Gasteiger charge is -2.25. The molecule has 1 atom stereocenters. The highest BCUT2D eigenvalue weighted by Gasteiger charge is 2.15. The number of carbonyl (C=O) groups is 1. The maximum absolute atomic E-state index is 12.6. The van der Waals surface area contributed by atoms with Crippen molar-refractivity contribution >= 4 is 23.3 Å². The van der Waals surface area contributed by atoms with Gasteiger partial charge in [0.05, 0.1) is 11.7 Å². The molecule has 158 valence electrons. The zero-order chi connectivity index (χ0) is 21.6. The molecular weight excluding hydrogens is 404 g/mol. The fourth-order valence-electron chi connectivity index (χ4n) is 3.48. The van der Waals surface area contributed by atoms with Crippen LogP contribution in [-0.2, 0) is 5.75 Å². The lowest BCUT2D eigenvalue weighted by atomic mass is 10.1. The van der Waals surface area contributed by atoms with Crippen molar-refractivity contribution in [1.82, 2.24) is 19.6 Å². The van der Waals surface area contributed by atoms with Gasteiger partial charge in [-0.3, -0.25) is 4.79 Å². The number of rotatable bonds is 8. The second-order valence-electron chi connectivity index (χ2n) is 7.61. The highest BCUT2D eigenvalue weighted by Crippen LogP contribution is 2.23. The van der Waals surface area contributed by atoms with Crippen LogP contribution in [0.1, 0.15) is 27.7 Å². The monoisotopic (exact) mass is 430 g/mol. The SMILES string of the molecule is CN(C)C(CNC(=O)c1ccc(SCc2cn3ccccc3n2)cc1)c1ccccc1. The second-order valence-corrected chi connectivity index (χ2v) is 8.66. The summed E-state index contributed by atoms with van der Waals surface area (Å²) in [5, 5.41) is 3.07. The molecule has 2 aromatic heterocycles. The first-order valence-electron chi connectivity index (χ1n) is 10.3. The third kappa shape index (κ3) is 5.34. The predicted molar refractivity (Wildman–Crippen MR) is 126 cm³/mol. The smallest absolute Gasteiger partial charge is 0.251 e. The van der Waals surface area contributed by atoms with Gasteiger partial charge in [-0.2, -0.15) is 0 Å². The molecule has 0 bridgehead atoms. The first-order valence-corrected chi connectivity index (χ1v) is 11.2. The number of thioether (sulfide) groups is 1. The van der Waals surface area contributed by atoms with Gasteiger partial charge in [0.2, 0.25) is 0 Å². The van der Waals surface area contributed by atoms with Gasteiger partial charge in [-0.15, -0.1) is 11.8 Å². The summed E-state index contributed by atoms with van der Waals surface area (Å²) in [5.41, 5.74) is 3.85. The maximum Gasteiger partial charge on any atom is 0.251 e. The lowest BCUT2D eigenvalue weighted by Crippen LogP contribution is -2.34. The van der Waals surface area contributed by atoms with Crippen molar-refractivity contribution in [1.29, 1.82) is 0 Å².